The SMILES string of the molecule is CC(C)(C)Oc1ccc([N+]2(O)CCOCC2)cc1. The molecule has 4 heteroatoms. The van der Waals surface area contributed by atoms with E-state index in [0.29, 0.717) is 26.3 Å². The predicted octanol–water partition coefficient (Wildman–Crippen LogP) is 2.59. The fraction of sp³-hybridized carbons (Fsp3) is 0.571. The second kappa shape index (κ2) is 4.88. The van der Waals surface area contributed by atoms with Gasteiger partial charge in [0, 0.05) is 12.1 Å². The van der Waals surface area contributed by atoms with Gasteiger partial charge in [-0.05, 0) is 32.9 Å². The summed E-state index contributed by atoms with van der Waals surface area (Å²) in [5, 5.41) is 10.5. The molecule has 0 saturated carbocycles. The van der Waals surface area contributed by atoms with Crippen LogP contribution in [0.2, 0.25) is 0 Å². The van der Waals surface area contributed by atoms with Crippen molar-refractivity contribution < 1.29 is 14.7 Å². The lowest BCUT2D eigenvalue weighted by Crippen LogP contribution is -2.53. The Morgan fingerprint density at radius 3 is 2.17 bits per heavy atom. The van der Waals surface area contributed by atoms with Crippen LogP contribution >= 0.6 is 0 Å². The van der Waals surface area contributed by atoms with Crippen LogP contribution < -0.4 is 9.38 Å². The molecular weight excluding hydrogens is 230 g/mol. The number of hydroxylamine groups is 2. The molecule has 4 nitrogen and oxygen atoms in total. The predicted molar refractivity (Wildman–Crippen MR) is 71.0 cm³/mol. The molecule has 0 amide bonds. The van der Waals surface area contributed by atoms with E-state index in [1.165, 1.54) is 0 Å². The van der Waals surface area contributed by atoms with E-state index in [0.717, 1.165) is 11.4 Å². The highest BCUT2D eigenvalue weighted by atomic mass is 16.6. The molecule has 1 aromatic rings. The first-order valence-electron chi connectivity index (χ1n) is 6.36. The summed E-state index contributed by atoms with van der Waals surface area (Å²) >= 11 is 0. The molecule has 1 saturated heterocycles. The Morgan fingerprint density at radius 1 is 1.11 bits per heavy atom. The summed E-state index contributed by atoms with van der Waals surface area (Å²) < 4.78 is 11.0. The van der Waals surface area contributed by atoms with E-state index >= 15 is 0 Å². The maximum atomic E-state index is 10.5. The Balaban J connectivity index is 2.12. The van der Waals surface area contributed by atoms with Gasteiger partial charge in [0.15, 0.2) is 5.69 Å². The van der Waals surface area contributed by atoms with Crippen molar-refractivity contribution in [1.82, 2.24) is 4.65 Å². The Kier molecular flexibility index (Phi) is 3.61. The summed E-state index contributed by atoms with van der Waals surface area (Å²) in [7, 11) is 0. The Bertz CT molecular complexity index is 388. The molecule has 0 aliphatic carbocycles. The van der Waals surface area contributed by atoms with E-state index < -0.39 is 0 Å². The molecule has 18 heavy (non-hydrogen) atoms. The minimum Gasteiger partial charge on any atom is -0.488 e. The van der Waals surface area contributed by atoms with E-state index in [-0.39, 0.29) is 10.2 Å². The van der Waals surface area contributed by atoms with E-state index in [1.807, 2.05) is 45.0 Å². The summed E-state index contributed by atoms with van der Waals surface area (Å²) in [6.07, 6.45) is 0. The first-order valence-corrected chi connectivity index (χ1v) is 6.36. The summed E-state index contributed by atoms with van der Waals surface area (Å²) in [5.41, 5.74) is 0.686. The molecule has 0 unspecified atom stereocenters. The number of rotatable bonds is 2. The summed E-state index contributed by atoms with van der Waals surface area (Å²) in [5.74, 6) is 0.825. The third kappa shape index (κ3) is 3.22. The van der Waals surface area contributed by atoms with Gasteiger partial charge in [-0.3, -0.25) is 0 Å². The lowest BCUT2D eigenvalue weighted by atomic mass is 10.2. The average Bonchev–Trinajstić information content (AvgIpc) is 2.28. The molecule has 0 radical (unpaired) electrons. The number of hydrogen-bond acceptors (Lipinski definition) is 3. The minimum absolute atomic E-state index is 0.0458. The summed E-state index contributed by atoms with van der Waals surface area (Å²) in [6, 6.07) is 7.66. The zero-order valence-electron chi connectivity index (χ0n) is 11.3. The van der Waals surface area contributed by atoms with Crippen molar-refractivity contribution >= 4 is 5.69 Å². The molecule has 0 aromatic heterocycles. The second-order valence-corrected chi connectivity index (χ2v) is 5.69. The first-order chi connectivity index (χ1) is 8.39. The minimum atomic E-state index is -0.202. The zero-order valence-corrected chi connectivity index (χ0v) is 11.3. The summed E-state index contributed by atoms with van der Waals surface area (Å²) in [4.78, 5) is 0. The standard InChI is InChI=1S/C14H22NO3/c1-14(2,3)18-13-6-4-12(5-7-13)15(16)8-10-17-11-9-15/h4-7,16H,8-11H2,1-3H3/q+1. The van der Waals surface area contributed by atoms with Crippen LogP contribution in [-0.4, -0.2) is 37.1 Å². The molecule has 1 aliphatic rings. The van der Waals surface area contributed by atoms with Gasteiger partial charge in [-0.1, -0.05) is 0 Å². The highest BCUT2D eigenvalue weighted by Crippen LogP contribution is 2.26. The molecule has 100 valence electrons. The largest absolute Gasteiger partial charge is 0.488 e. The normalized spacial score (nSPS) is 19.6. The Morgan fingerprint density at radius 2 is 1.67 bits per heavy atom. The van der Waals surface area contributed by atoms with Crippen molar-refractivity contribution in [2.75, 3.05) is 26.3 Å². The highest BCUT2D eigenvalue weighted by molar-refractivity contribution is 5.44. The number of benzene rings is 1. The Hall–Kier alpha value is -1.10. The smallest absolute Gasteiger partial charge is 0.165 e. The summed E-state index contributed by atoms with van der Waals surface area (Å²) in [6.45, 7) is 8.43. The molecule has 1 heterocycles. The number of morpholine rings is 1. The fourth-order valence-electron chi connectivity index (χ4n) is 2.05. The first kappa shape index (κ1) is 13.3. The molecule has 1 aliphatic heterocycles. The van der Waals surface area contributed by atoms with Crippen LogP contribution in [0.25, 0.3) is 0 Å². The molecule has 0 bridgehead atoms. The maximum Gasteiger partial charge on any atom is 0.165 e. The quantitative estimate of drug-likeness (QED) is 0.822. The van der Waals surface area contributed by atoms with Gasteiger partial charge >= 0.3 is 0 Å². The van der Waals surface area contributed by atoms with Crippen molar-refractivity contribution in [1.29, 1.82) is 0 Å². The number of nitrogens with zero attached hydrogens (tertiary/aromatic N) is 1. The molecule has 0 spiro atoms. The van der Waals surface area contributed by atoms with Crippen molar-refractivity contribution in [3.05, 3.63) is 24.3 Å². The van der Waals surface area contributed by atoms with Gasteiger partial charge in [-0.2, -0.15) is 0 Å². The van der Waals surface area contributed by atoms with E-state index in [9.17, 15) is 5.21 Å². The Labute approximate surface area is 108 Å². The van der Waals surface area contributed by atoms with E-state index in [4.69, 9.17) is 9.47 Å². The van der Waals surface area contributed by atoms with Gasteiger partial charge in [-0.25, -0.2) is 5.21 Å². The average molecular weight is 252 g/mol. The number of ether oxygens (including phenoxy) is 2. The topological polar surface area (TPSA) is 38.7 Å². The third-order valence-corrected chi connectivity index (χ3v) is 2.95. The lowest BCUT2D eigenvalue weighted by molar-refractivity contribution is -0.133. The monoisotopic (exact) mass is 252 g/mol. The van der Waals surface area contributed by atoms with Crippen LogP contribution in [0.5, 0.6) is 5.75 Å². The third-order valence-electron chi connectivity index (χ3n) is 2.95. The lowest BCUT2D eigenvalue weighted by Gasteiger charge is -2.33. The molecular formula is C14H22NO3+. The highest BCUT2D eigenvalue weighted by Gasteiger charge is 2.31. The van der Waals surface area contributed by atoms with Crippen molar-refractivity contribution in [2.45, 2.75) is 26.4 Å². The van der Waals surface area contributed by atoms with Gasteiger partial charge in [-0.15, -0.1) is 4.65 Å². The molecule has 1 fully saturated rings. The second-order valence-electron chi connectivity index (χ2n) is 5.69. The maximum absolute atomic E-state index is 10.5. The van der Waals surface area contributed by atoms with Crippen molar-refractivity contribution in [2.24, 2.45) is 0 Å². The van der Waals surface area contributed by atoms with Gasteiger partial charge in [0.2, 0.25) is 0 Å². The van der Waals surface area contributed by atoms with Crippen LogP contribution in [-0.2, 0) is 4.74 Å². The van der Waals surface area contributed by atoms with E-state index in [2.05, 4.69) is 0 Å². The fourth-order valence-corrected chi connectivity index (χ4v) is 2.05. The van der Waals surface area contributed by atoms with Crippen molar-refractivity contribution in [3.8, 4) is 5.75 Å². The van der Waals surface area contributed by atoms with Crippen LogP contribution in [0.4, 0.5) is 5.69 Å². The van der Waals surface area contributed by atoms with Gasteiger partial charge < -0.3 is 9.47 Å². The van der Waals surface area contributed by atoms with Gasteiger partial charge in [0.25, 0.3) is 0 Å². The van der Waals surface area contributed by atoms with Crippen LogP contribution in [0.1, 0.15) is 20.8 Å². The number of hydrogen-bond donors (Lipinski definition) is 1. The zero-order chi connectivity index (χ0) is 13.2. The molecule has 1 aromatic carbocycles. The van der Waals surface area contributed by atoms with Crippen LogP contribution in [0.3, 0.4) is 0 Å². The number of quaternary nitrogens is 1. The van der Waals surface area contributed by atoms with E-state index in [1.54, 1.807) is 0 Å². The van der Waals surface area contributed by atoms with Crippen molar-refractivity contribution in [3.63, 3.8) is 0 Å². The molecule has 1 N–H and O–H groups in total. The van der Waals surface area contributed by atoms with Crippen LogP contribution in [0, 0.1) is 0 Å². The molecule has 0 atom stereocenters. The van der Waals surface area contributed by atoms with Gasteiger partial charge in [0.05, 0.1) is 13.2 Å². The van der Waals surface area contributed by atoms with Crippen LogP contribution in [0.15, 0.2) is 24.3 Å². The molecule has 2 rings (SSSR count). The van der Waals surface area contributed by atoms with Gasteiger partial charge in [0.1, 0.15) is 24.4 Å².